The number of methoxy groups -OCH3 is 2. The second kappa shape index (κ2) is 4.60. The highest BCUT2D eigenvalue weighted by Gasteiger charge is 2.07. The number of benzene rings is 1. The lowest BCUT2D eigenvalue weighted by Gasteiger charge is -2.08. The van der Waals surface area contributed by atoms with E-state index in [4.69, 9.17) is 9.47 Å². The molecule has 0 aliphatic heterocycles. The van der Waals surface area contributed by atoms with Crippen molar-refractivity contribution in [3.63, 3.8) is 0 Å². The van der Waals surface area contributed by atoms with E-state index in [-0.39, 0.29) is 0 Å². The van der Waals surface area contributed by atoms with Gasteiger partial charge in [-0.05, 0) is 24.4 Å². The molecule has 4 heteroatoms. The molecule has 0 radical (unpaired) electrons. The topological polar surface area (TPSA) is 30.8 Å². The van der Waals surface area contributed by atoms with Crippen molar-refractivity contribution < 1.29 is 9.47 Å². The van der Waals surface area contributed by atoms with E-state index in [1.165, 1.54) is 0 Å². The summed E-state index contributed by atoms with van der Waals surface area (Å²) >= 11 is 4.51. The second-order valence-electron chi connectivity index (χ2n) is 2.22. The minimum absolute atomic E-state index is 0.572. The highest BCUT2D eigenvalue weighted by Crippen LogP contribution is 2.36. The first kappa shape index (κ1) is 9.71. The Hall–Kier alpha value is -1.38. The van der Waals surface area contributed by atoms with Crippen molar-refractivity contribution in [1.82, 2.24) is 0 Å². The van der Waals surface area contributed by atoms with Crippen LogP contribution in [-0.4, -0.2) is 19.4 Å². The number of rotatable bonds is 3. The van der Waals surface area contributed by atoms with Crippen LogP contribution >= 0.6 is 12.2 Å². The molecule has 1 aromatic rings. The van der Waals surface area contributed by atoms with Crippen molar-refractivity contribution in [3.8, 4) is 11.5 Å². The number of ether oxygens (including phenoxy) is 2. The van der Waals surface area contributed by atoms with E-state index in [2.05, 4.69) is 22.4 Å². The van der Waals surface area contributed by atoms with Gasteiger partial charge in [-0.1, -0.05) is 6.07 Å². The third-order valence-electron chi connectivity index (χ3n) is 1.55. The van der Waals surface area contributed by atoms with Crippen molar-refractivity contribution in [3.05, 3.63) is 18.2 Å². The Morgan fingerprint density at radius 2 is 2.08 bits per heavy atom. The lowest BCUT2D eigenvalue weighted by molar-refractivity contribution is 0.356. The predicted molar refractivity (Wildman–Crippen MR) is 54.2 cm³/mol. The van der Waals surface area contributed by atoms with Crippen LogP contribution < -0.4 is 9.47 Å². The van der Waals surface area contributed by atoms with Gasteiger partial charge in [0.15, 0.2) is 11.5 Å². The first-order valence-electron chi connectivity index (χ1n) is 3.62. The lowest BCUT2D eigenvalue weighted by atomic mass is 10.3. The lowest BCUT2D eigenvalue weighted by Crippen LogP contribution is -1.89. The summed E-state index contributed by atoms with van der Waals surface area (Å²) in [6, 6.07) is 5.38. The van der Waals surface area contributed by atoms with Crippen LogP contribution in [0, 0.1) is 0 Å². The molecule has 0 heterocycles. The van der Waals surface area contributed by atoms with E-state index in [1.54, 1.807) is 26.4 Å². The molecule has 0 atom stereocenters. The van der Waals surface area contributed by atoms with Gasteiger partial charge in [0.25, 0.3) is 0 Å². The molecule has 0 N–H and O–H groups in total. The number of hydrogen-bond acceptors (Lipinski definition) is 4. The molecule has 3 nitrogen and oxygen atoms in total. The molecule has 0 aliphatic rings. The van der Waals surface area contributed by atoms with E-state index in [1.807, 2.05) is 6.07 Å². The third-order valence-corrected chi connectivity index (χ3v) is 1.64. The molecular weight excluding hydrogens is 186 g/mol. The number of thiocarbonyl (C=S) groups is 1. The van der Waals surface area contributed by atoms with E-state index in [0.717, 1.165) is 0 Å². The normalized spacial score (nSPS) is 8.77. The molecule has 1 aromatic carbocycles. The Morgan fingerprint density at radius 3 is 2.62 bits per heavy atom. The summed E-state index contributed by atoms with van der Waals surface area (Å²) in [5.41, 5.74) is 0.622. The molecule has 0 unspecified atom stereocenters. The quantitative estimate of drug-likeness (QED) is 0.548. The summed E-state index contributed by atoms with van der Waals surface area (Å²) < 4.78 is 10.2. The van der Waals surface area contributed by atoms with E-state index in [9.17, 15) is 0 Å². The standard InChI is InChI=1S/C9H9NO2S/c1-11-8-5-3-4-7(10-6-13)9(8)12-2/h3-5H,1-2H3. The molecule has 0 spiro atoms. The Kier molecular flexibility index (Phi) is 3.43. The van der Waals surface area contributed by atoms with Crippen LogP contribution in [0.3, 0.4) is 0 Å². The van der Waals surface area contributed by atoms with E-state index in [0.29, 0.717) is 17.2 Å². The zero-order valence-corrected chi connectivity index (χ0v) is 8.22. The predicted octanol–water partition coefficient (Wildman–Crippen LogP) is 2.44. The van der Waals surface area contributed by atoms with Crippen molar-refractivity contribution >= 4 is 23.1 Å². The van der Waals surface area contributed by atoms with Gasteiger partial charge < -0.3 is 9.47 Å². The molecular formula is C9H9NO2S. The second-order valence-corrected chi connectivity index (χ2v) is 2.40. The average Bonchev–Trinajstić information content (AvgIpc) is 2.18. The van der Waals surface area contributed by atoms with Gasteiger partial charge in [0.05, 0.1) is 19.4 Å². The fourth-order valence-corrected chi connectivity index (χ4v) is 1.11. The highest BCUT2D eigenvalue weighted by atomic mass is 32.1. The molecule has 0 aromatic heterocycles. The summed E-state index contributed by atoms with van der Waals surface area (Å²) in [6.45, 7) is 0. The van der Waals surface area contributed by atoms with Gasteiger partial charge >= 0.3 is 0 Å². The van der Waals surface area contributed by atoms with Crippen molar-refractivity contribution in [1.29, 1.82) is 0 Å². The number of hydrogen-bond donors (Lipinski definition) is 0. The largest absolute Gasteiger partial charge is 0.493 e. The third kappa shape index (κ3) is 2.05. The van der Waals surface area contributed by atoms with Crippen LogP contribution in [0.25, 0.3) is 0 Å². The Bertz CT molecular complexity index is 345. The first-order valence-corrected chi connectivity index (χ1v) is 4.03. The molecule has 0 aliphatic carbocycles. The molecule has 0 fully saturated rings. The molecule has 1 rings (SSSR count). The van der Waals surface area contributed by atoms with Crippen LogP contribution in [0.2, 0.25) is 0 Å². The van der Waals surface area contributed by atoms with Crippen LogP contribution in [-0.2, 0) is 0 Å². The van der Waals surface area contributed by atoms with Crippen LogP contribution in [0.1, 0.15) is 0 Å². The fourth-order valence-electron chi connectivity index (χ4n) is 1.01. The van der Waals surface area contributed by atoms with Crippen molar-refractivity contribution in [2.45, 2.75) is 0 Å². The van der Waals surface area contributed by atoms with Gasteiger partial charge in [0.1, 0.15) is 5.69 Å². The maximum Gasteiger partial charge on any atom is 0.187 e. The van der Waals surface area contributed by atoms with Gasteiger partial charge in [0, 0.05) is 0 Å². The molecule has 13 heavy (non-hydrogen) atoms. The molecule has 68 valence electrons. The van der Waals surface area contributed by atoms with Gasteiger partial charge in [-0.25, -0.2) is 0 Å². The fraction of sp³-hybridized carbons (Fsp3) is 0.222. The number of isothiocyanates is 1. The monoisotopic (exact) mass is 195 g/mol. The maximum atomic E-state index is 5.11. The first-order chi connectivity index (χ1) is 6.33. The summed E-state index contributed by atoms with van der Waals surface area (Å²) in [4.78, 5) is 3.85. The summed E-state index contributed by atoms with van der Waals surface area (Å²) in [5.74, 6) is 1.20. The van der Waals surface area contributed by atoms with Crippen molar-refractivity contribution in [2.75, 3.05) is 14.2 Å². The summed E-state index contributed by atoms with van der Waals surface area (Å²) in [6.07, 6.45) is 0. The SMILES string of the molecule is COc1cccc(N=C=S)c1OC. The van der Waals surface area contributed by atoms with Crippen LogP contribution in [0.15, 0.2) is 23.2 Å². The zero-order valence-electron chi connectivity index (χ0n) is 7.40. The Morgan fingerprint density at radius 1 is 1.31 bits per heavy atom. The summed E-state index contributed by atoms with van der Waals surface area (Å²) in [7, 11) is 3.13. The van der Waals surface area contributed by atoms with E-state index < -0.39 is 0 Å². The van der Waals surface area contributed by atoms with Gasteiger partial charge in [-0.3, -0.25) is 0 Å². The number of nitrogens with zero attached hydrogens (tertiary/aromatic N) is 1. The van der Waals surface area contributed by atoms with Crippen molar-refractivity contribution in [2.24, 2.45) is 4.99 Å². The Labute approximate surface area is 82.0 Å². The van der Waals surface area contributed by atoms with Crippen LogP contribution in [0.4, 0.5) is 5.69 Å². The molecule has 0 saturated carbocycles. The summed E-state index contributed by atoms with van der Waals surface area (Å²) in [5, 5.41) is 2.28. The number of aliphatic imine (C=N–C) groups is 1. The average molecular weight is 195 g/mol. The maximum absolute atomic E-state index is 5.11. The van der Waals surface area contributed by atoms with Crippen LogP contribution in [0.5, 0.6) is 11.5 Å². The molecule has 0 amide bonds. The minimum atomic E-state index is 0.572. The van der Waals surface area contributed by atoms with E-state index >= 15 is 0 Å². The molecule has 0 bridgehead atoms. The van der Waals surface area contributed by atoms with Gasteiger partial charge in [-0.15, -0.1) is 0 Å². The van der Waals surface area contributed by atoms with Gasteiger partial charge in [-0.2, -0.15) is 4.99 Å². The molecule has 0 saturated heterocycles. The van der Waals surface area contributed by atoms with Gasteiger partial charge in [0.2, 0.25) is 0 Å². The zero-order chi connectivity index (χ0) is 9.68. The highest BCUT2D eigenvalue weighted by molar-refractivity contribution is 7.78. The smallest absolute Gasteiger partial charge is 0.187 e. The Balaban J connectivity index is 3.26. The minimum Gasteiger partial charge on any atom is -0.493 e. The number of para-hydroxylation sites is 1.